The number of hydrogen-bond acceptors (Lipinski definition) is 2. The van der Waals surface area contributed by atoms with E-state index >= 15 is 0 Å². The monoisotopic (exact) mass is 362 g/mol. The van der Waals surface area contributed by atoms with Crippen LogP contribution < -0.4 is 10.1 Å². The molecule has 2 aromatic carbocycles. The maximum absolute atomic E-state index is 12.7. The molecule has 4 rings (SSSR count). The van der Waals surface area contributed by atoms with Gasteiger partial charge in [-0.1, -0.05) is 50.1 Å². The Morgan fingerprint density at radius 3 is 2.74 bits per heavy atom. The third-order valence-electron chi connectivity index (χ3n) is 5.51. The lowest BCUT2D eigenvalue weighted by Gasteiger charge is -2.29. The molecule has 27 heavy (non-hydrogen) atoms. The number of nitrogens with one attached hydrogen (secondary N) is 2. The predicted molar refractivity (Wildman–Crippen MR) is 108 cm³/mol. The number of amides is 1. The molecule has 1 saturated carbocycles. The molecule has 0 saturated heterocycles. The van der Waals surface area contributed by atoms with Gasteiger partial charge in [-0.15, -0.1) is 0 Å². The number of aromatic nitrogens is 1. The van der Waals surface area contributed by atoms with E-state index < -0.39 is 0 Å². The van der Waals surface area contributed by atoms with Gasteiger partial charge in [0.2, 0.25) is 0 Å². The fourth-order valence-corrected chi connectivity index (χ4v) is 3.84. The van der Waals surface area contributed by atoms with Crippen molar-refractivity contribution in [3.63, 3.8) is 0 Å². The van der Waals surface area contributed by atoms with E-state index in [0.29, 0.717) is 18.2 Å². The Balaban J connectivity index is 1.44. The van der Waals surface area contributed by atoms with E-state index in [1.807, 2.05) is 54.6 Å². The van der Waals surface area contributed by atoms with Crippen LogP contribution in [0.5, 0.6) is 5.75 Å². The molecule has 0 radical (unpaired) electrons. The quantitative estimate of drug-likeness (QED) is 0.667. The van der Waals surface area contributed by atoms with Crippen LogP contribution >= 0.6 is 0 Å². The number of H-pyrrole nitrogens is 1. The predicted octanol–water partition coefficient (Wildman–Crippen LogP) is 5.06. The van der Waals surface area contributed by atoms with E-state index in [-0.39, 0.29) is 11.9 Å². The van der Waals surface area contributed by atoms with Gasteiger partial charge in [-0.2, -0.15) is 0 Å². The van der Waals surface area contributed by atoms with E-state index in [1.165, 1.54) is 19.3 Å². The molecule has 1 amide bonds. The minimum absolute atomic E-state index is 0.0169. The second-order valence-electron chi connectivity index (χ2n) is 7.55. The fourth-order valence-electron chi connectivity index (χ4n) is 3.84. The van der Waals surface area contributed by atoms with Gasteiger partial charge in [0.15, 0.2) is 0 Å². The zero-order valence-corrected chi connectivity index (χ0v) is 15.7. The summed E-state index contributed by atoms with van der Waals surface area (Å²) < 4.78 is 5.88. The summed E-state index contributed by atoms with van der Waals surface area (Å²) in [4.78, 5) is 15.9. The standard InChI is InChI=1S/C23H26N2O2/c1-16-7-5-6-10-20(16)25-23(26)22-13-18-11-12-19(14-21(18)24-22)27-15-17-8-3-2-4-9-17/h2-4,8-9,11-14,16,20,24H,5-7,10,15H2,1H3,(H,25,26). The molecule has 1 heterocycles. The van der Waals surface area contributed by atoms with Gasteiger partial charge in [0, 0.05) is 23.0 Å². The summed E-state index contributed by atoms with van der Waals surface area (Å²) in [5.74, 6) is 1.32. The summed E-state index contributed by atoms with van der Waals surface area (Å²) in [6.07, 6.45) is 4.74. The molecule has 140 valence electrons. The number of benzene rings is 2. The van der Waals surface area contributed by atoms with Gasteiger partial charge in [-0.3, -0.25) is 4.79 Å². The highest BCUT2D eigenvalue weighted by molar-refractivity contribution is 5.98. The van der Waals surface area contributed by atoms with Crippen molar-refractivity contribution < 1.29 is 9.53 Å². The van der Waals surface area contributed by atoms with Crippen molar-refractivity contribution in [3.8, 4) is 5.75 Å². The van der Waals surface area contributed by atoms with Crippen LogP contribution in [0.2, 0.25) is 0 Å². The van der Waals surface area contributed by atoms with Crippen LogP contribution in [-0.2, 0) is 6.61 Å². The number of ether oxygens (including phenoxy) is 1. The number of aromatic amines is 1. The lowest BCUT2D eigenvalue weighted by atomic mass is 9.86. The van der Waals surface area contributed by atoms with Gasteiger partial charge in [-0.25, -0.2) is 0 Å². The normalized spacial score (nSPS) is 19.7. The number of fused-ring (bicyclic) bond motifs is 1. The number of carbonyl (C=O) groups excluding carboxylic acids is 1. The minimum Gasteiger partial charge on any atom is -0.489 e. The van der Waals surface area contributed by atoms with Crippen LogP contribution in [0.15, 0.2) is 54.6 Å². The van der Waals surface area contributed by atoms with E-state index in [4.69, 9.17) is 4.74 Å². The Bertz CT molecular complexity index is 917. The van der Waals surface area contributed by atoms with Crippen molar-refractivity contribution in [1.82, 2.24) is 10.3 Å². The highest BCUT2D eigenvalue weighted by Gasteiger charge is 2.23. The summed E-state index contributed by atoms with van der Waals surface area (Å²) in [7, 11) is 0. The maximum atomic E-state index is 12.7. The van der Waals surface area contributed by atoms with Gasteiger partial charge in [0.25, 0.3) is 5.91 Å². The molecule has 1 aromatic heterocycles. The summed E-state index contributed by atoms with van der Waals surface area (Å²) in [6, 6.07) is 18.2. The average Bonchev–Trinajstić information content (AvgIpc) is 3.12. The molecule has 2 unspecified atom stereocenters. The SMILES string of the molecule is CC1CCCCC1NC(=O)c1cc2ccc(OCc3ccccc3)cc2[nH]1. The Hall–Kier alpha value is -2.75. The van der Waals surface area contributed by atoms with Gasteiger partial charge in [0.05, 0.1) is 0 Å². The highest BCUT2D eigenvalue weighted by Crippen LogP contribution is 2.25. The first kappa shape index (κ1) is 17.7. The topological polar surface area (TPSA) is 54.1 Å². The zero-order chi connectivity index (χ0) is 18.6. The number of carbonyl (C=O) groups is 1. The fraction of sp³-hybridized carbons (Fsp3) is 0.348. The zero-order valence-electron chi connectivity index (χ0n) is 15.7. The molecule has 0 aliphatic heterocycles. The molecule has 2 N–H and O–H groups in total. The van der Waals surface area contributed by atoms with Crippen LogP contribution in [0.3, 0.4) is 0 Å². The highest BCUT2D eigenvalue weighted by atomic mass is 16.5. The lowest BCUT2D eigenvalue weighted by Crippen LogP contribution is -2.41. The lowest BCUT2D eigenvalue weighted by molar-refractivity contribution is 0.0906. The van der Waals surface area contributed by atoms with E-state index in [9.17, 15) is 4.79 Å². The summed E-state index contributed by atoms with van der Waals surface area (Å²) in [5.41, 5.74) is 2.66. The van der Waals surface area contributed by atoms with E-state index in [1.54, 1.807) is 0 Å². The molecule has 2 atom stereocenters. The largest absolute Gasteiger partial charge is 0.489 e. The maximum Gasteiger partial charge on any atom is 0.267 e. The average molecular weight is 362 g/mol. The van der Waals surface area contributed by atoms with Crippen LogP contribution in [0.25, 0.3) is 10.9 Å². The second kappa shape index (κ2) is 7.87. The molecular weight excluding hydrogens is 336 g/mol. The molecule has 4 heteroatoms. The molecule has 4 nitrogen and oxygen atoms in total. The van der Waals surface area contributed by atoms with E-state index in [0.717, 1.165) is 28.6 Å². The van der Waals surface area contributed by atoms with Crippen LogP contribution in [0.1, 0.15) is 48.7 Å². The van der Waals surface area contributed by atoms with Crippen molar-refractivity contribution >= 4 is 16.8 Å². The Labute approximate surface area is 159 Å². The summed E-state index contributed by atoms with van der Waals surface area (Å²) in [5, 5.41) is 4.22. The molecule has 1 fully saturated rings. The van der Waals surface area contributed by atoms with Crippen LogP contribution in [0, 0.1) is 5.92 Å². The number of hydrogen-bond donors (Lipinski definition) is 2. The molecule has 0 spiro atoms. The van der Waals surface area contributed by atoms with Crippen LogP contribution in [0.4, 0.5) is 0 Å². The first-order valence-electron chi connectivity index (χ1n) is 9.79. The Morgan fingerprint density at radius 2 is 1.93 bits per heavy atom. The van der Waals surface area contributed by atoms with Gasteiger partial charge < -0.3 is 15.0 Å². The van der Waals surface area contributed by atoms with Crippen molar-refractivity contribution in [2.45, 2.75) is 45.3 Å². The second-order valence-corrected chi connectivity index (χ2v) is 7.55. The van der Waals surface area contributed by atoms with Crippen molar-refractivity contribution in [1.29, 1.82) is 0 Å². The van der Waals surface area contributed by atoms with Crippen LogP contribution in [-0.4, -0.2) is 16.9 Å². The van der Waals surface area contributed by atoms with Gasteiger partial charge in [0.1, 0.15) is 18.1 Å². The van der Waals surface area contributed by atoms with E-state index in [2.05, 4.69) is 17.2 Å². The van der Waals surface area contributed by atoms with Gasteiger partial charge in [-0.05, 0) is 42.5 Å². The molecular formula is C23H26N2O2. The Morgan fingerprint density at radius 1 is 1.11 bits per heavy atom. The number of rotatable bonds is 5. The first-order chi connectivity index (χ1) is 13.2. The van der Waals surface area contributed by atoms with Gasteiger partial charge >= 0.3 is 0 Å². The smallest absolute Gasteiger partial charge is 0.267 e. The van der Waals surface area contributed by atoms with Crippen molar-refractivity contribution in [3.05, 3.63) is 65.9 Å². The molecule has 1 aliphatic rings. The third-order valence-corrected chi connectivity index (χ3v) is 5.51. The molecule has 0 bridgehead atoms. The minimum atomic E-state index is -0.0169. The Kier molecular flexibility index (Phi) is 5.14. The molecule has 1 aliphatic carbocycles. The molecule has 3 aromatic rings. The summed E-state index contributed by atoms with van der Waals surface area (Å²) >= 11 is 0. The third kappa shape index (κ3) is 4.16. The van der Waals surface area contributed by atoms with Crippen molar-refractivity contribution in [2.75, 3.05) is 0 Å². The van der Waals surface area contributed by atoms with Crippen molar-refractivity contribution in [2.24, 2.45) is 5.92 Å². The first-order valence-corrected chi connectivity index (χ1v) is 9.79. The summed E-state index contributed by atoms with van der Waals surface area (Å²) in [6.45, 7) is 2.76.